The number of benzene rings is 1. The van der Waals surface area contributed by atoms with Crippen molar-refractivity contribution in [2.75, 3.05) is 36.5 Å². The molecule has 29 heavy (non-hydrogen) atoms. The molecule has 2 heterocycles. The van der Waals surface area contributed by atoms with Crippen molar-refractivity contribution in [3.8, 4) is 5.75 Å². The van der Waals surface area contributed by atoms with Gasteiger partial charge in [0.1, 0.15) is 23.5 Å². The molecule has 156 valence electrons. The van der Waals surface area contributed by atoms with E-state index < -0.39 is 0 Å². The fourth-order valence-corrected chi connectivity index (χ4v) is 3.69. The summed E-state index contributed by atoms with van der Waals surface area (Å²) in [5.41, 5.74) is 1.71. The van der Waals surface area contributed by atoms with E-state index in [-0.39, 0.29) is 23.6 Å². The number of Topliss-reactive ketones (excluding diaryl/α,β-unsaturated/α-hetero) is 1. The number of carbonyl (C=O) groups excluding carboxylic acids is 1. The number of pyridine rings is 1. The van der Waals surface area contributed by atoms with Crippen LogP contribution < -0.4 is 14.5 Å². The van der Waals surface area contributed by atoms with Crippen molar-refractivity contribution < 1.29 is 13.9 Å². The highest BCUT2D eigenvalue weighted by molar-refractivity contribution is 5.76. The molecule has 1 aliphatic rings. The third kappa shape index (κ3) is 5.25. The number of carbonyl (C=O) groups is 1. The van der Waals surface area contributed by atoms with Gasteiger partial charge in [-0.2, -0.15) is 0 Å². The van der Waals surface area contributed by atoms with Gasteiger partial charge in [-0.3, -0.25) is 0 Å². The standard InChI is InChI=1S/C23H30FN3O2/c1-5-26(4)23-13-22(21(24)14-25-23)27-11-10-20(15-27)29-19-8-6-18(7-9-19)16(2)12-17(3)28/h6-9,13-14,16,20H,5,10-12,15H2,1-4H3/t16-,20-/m1/s1. The molecule has 1 saturated heterocycles. The third-order valence-corrected chi connectivity index (χ3v) is 5.52. The predicted octanol–water partition coefficient (Wildman–Crippen LogP) is 4.42. The number of halogens is 1. The van der Waals surface area contributed by atoms with E-state index in [1.807, 2.05) is 54.1 Å². The van der Waals surface area contributed by atoms with Gasteiger partial charge in [-0.1, -0.05) is 19.1 Å². The summed E-state index contributed by atoms with van der Waals surface area (Å²) in [5.74, 6) is 1.66. The van der Waals surface area contributed by atoms with Crippen LogP contribution >= 0.6 is 0 Å². The van der Waals surface area contributed by atoms with Gasteiger partial charge in [0.05, 0.1) is 18.4 Å². The Morgan fingerprint density at radius 3 is 2.76 bits per heavy atom. The predicted molar refractivity (Wildman–Crippen MR) is 115 cm³/mol. The van der Waals surface area contributed by atoms with Crippen molar-refractivity contribution in [2.24, 2.45) is 0 Å². The molecule has 0 saturated carbocycles. The molecular formula is C23H30FN3O2. The summed E-state index contributed by atoms with van der Waals surface area (Å²) in [6.45, 7) is 7.91. The van der Waals surface area contributed by atoms with Crippen LogP contribution in [0.1, 0.15) is 45.1 Å². The lowest BCUT2D eigenvalue weighted by molar-refractivity contribution is -0.117. The van der Waals surface area contributed by atoms with Gasteiger partial charge in [0, 0.05) is 39.0 Å². The molecule has 0 amide bonds. The second-order valence-electron chi connectivity index (χ2n) is 7.86. The van der Waals surface area contributed by atoms with Crippen LogP contribution in [0.25, 0.3) is 0 Å². The van der Waals surface area contributed by atoms with Crippen LogP contribution in [0.2, 0.25) is 0 Å². The van der Waals surface area contributed by atoms with Gasteiger partial charge >= 0.3 is 0 Å². The first-order valence-corrected chi connectivity index (χ1v) is 10.2. The number of hydrogen-bond acceptors (Lipinski definition) is 5. The van der Waals surface area contributed by atoms with Crippen molar-refractivity contribution in [1.29, 1.82) is 0 Å². The maximum Gasteiger partial charge on any atom is 0.164 e. The lowest BCUT2D eigenvalue weighted by Gasteiger charge is -2.22. The number of anilines is 2. The maximum atomic E-state index is 14.4. The maximum absolute atomic E-state index is 14.4. The molecule has 0 aliphatic carbocycles. The molecule has 0 unspecified atom stereocenters. The van der Waals surface area contributed by atoms with E-state index in [1.54, 1.807) is 6.92 Å². The highest BCUT2D eigenvalue weighted by Gasteiger charge is 2.26. The van der Waals surface area contributed by atoms with Gasteiger partial charge < -0.3 is 19.3 Å². The number of nitrogens with zero attached hydrogens (tertiary/aromatic N) is 3. The molecule has 2 aromatic rings. The quantitative estimate of drug-likeness (QED) is 0.658. The molecule has 0 spiro atoms. The fraction of sp³-hybridized carbons (Fsp3) is 0.478. The highest BCUT2D eigenvalue weighted by Crippen LogP contribution is 2.29. The van der Waals surface area contributed by atoms with Crippen molar-refractivity contribution in [3.63, 3.8) is 0 Å². The first-order chi connectivity index (χ1) is 13.9. The lowest BCUT2D eigenvalue weighted by Crippen LogP contribution is -2.26. The summed E-state index contributed by atoms with van der Waals surface area (Å²) in [6, 6.07) is 9.76. The van der Waals surface area contributed by atoms with Gasteiger partial charge in [-0.15, -0.1) is 0 Å². The summed E-state index contributed by atoms with van der Waals surface area (Å²) >= 11 is 0. The van der Waals surface area contributed by atoms with Crippen molar-refractivity contribution in [2.45, 2.75) is 45.6 Å². The SMILES string of the molecule is CCN(C)c1cc(N2CC[C@@H](Oc3ccc([C@H](C)CC(C)=O)cc3)C2)c(F)cn1. The van der Waals surface area contributed by atoms with Crippen molar-refractivity contribution in [3.05, 3.63) is 47.9 Å². The first kappa shape index (κ1) is 21.1. The molecule has 0 radical (unpaired) electrons. The van der Waals surface area contributed by atoms with Crippen molar-refractivity contribution >= 4 is 17.3 Å². The molecule has 2 atom stereocenters. The summed E-state index contributed by atoms with van der Waals surface area (Å²) in [6.07, 6.45) is 2.69. The average molecular weight is 400 g/mol. The molecule has 1 aliphatic heterocycles. The molecule has 6 heteroatoms. The van der Waals surface area contributed by atoms with E-state index in [0.717, 1.165) is 36.6 Å². The fourth-order valence-electron chi connectivity index (χ4n) is 3.69. The Labute approximate surface area is 172 Å². The lowest BCUT2D eigenvalue weighted by atomic mass is 9.96. The second-order valence-corrected chi connectivity index (χ2v) is 7.86. The topological polar surface area (TPSA) is 45.7 Å². The van der Waals surface area contributed by atoms with Gasteiger partial charge in [0.2, 0.25) is 0 Å². The minimum Gasteiger partial charge on any atom is -0.489 e. The van der Waals surface area contributed by atoms with E-state index >= 15 is 0 Å². The van der Waals surface area contributed by atoms with Crippen LogP contribution in [0, 0.1) is 5.82 Å². The van der Waals surface area contributed by atoms with E-state index in [1.165, 1.54) is 6.20 Å². The Bertz CT molecular complexity index is 841. The number of ether oxygens (including phenoxy) is 1. The molecule has 0 N–H and O–H groups in total. The van der Waals surface area contributed by atoms with Crippen LogP contribution in [0.3, 0.4) is 0 Å². The summed E-state index contributed by atoms with van der Waals surface area (Å²) in [7, 11) is 1.95. The number of hydrogen-bond donors (Lipinski definition) is 0. The first-order valence-electron chi connectivity index (χ1n) is 10.2. The monoisotopic (exact) mass is 399 g/mol. The Morgan fingerprint density at radius 2 is 2.10 bits per heavy atom. The van der Waals surface area contributed by atoms with Gasteiger partial charge in [0.25, 0.3) is 0 Å². The summed E-state index contributed by atoms with van der Waals surface area (Å²) in [4.78, 5) is 19.5. The van der Waals surface area contributed by atoms with Gasteiger partial charge in [-0.05, 0) is 37.5 Å². The molecule has 1 fully saturated rings. The minimum atomic E-state index is -0.303. The zero-order valence-corrected chi connectivity index (χ0v) is 17.7. The second kappa shape index (κ2) is 9.25. The number of ketones is 1. The molecule has 5 nitrogen and oxygen atoms in total. The molecule has 1 aromatic carbocycles. The minimum absolute atomic E-state index is 0.00964. The normalized spacial score (nSPS) is 17.3. The molecular weight excluding hydrogens is 369 g/mol. The zero-order valence-electron chi connectivity index (χ0n) is 17.7. The van der Waals surface area contributed by atoms with E-state index in [0.29, 0.717) is 18.7 Å². The number of aromatic nitrogens is 1. The van der Waals surface area contributed by atoms with Crippen LogP contribution in [0.15, 0.2) is 36.5 Å². The summed E-state index contributed by atoms with van der Waals surface area (Å²) < 4.78 is 20.5. The van der Waals surface area contributed by atoms with Crippen molar-refractivity contribution in [1.82, 2.24) is 4.98 Å². The van der Waals surface area contributed by atoms with E-state index in [9.17, 15) is 9.18 Å². The smallest absolute Gasteiger partial charge is 0.164 e. The van der Waals surface area contributed by atoms with E-state index in [2.05, 4.69) is 11.9 Å². The Hall–Kier alpha value is -2.63. The third-order valence-electron chi connectivity index (χ3n) is 5.52. The van der Waals surface area contributed by atoms with Gasteiger partial charge in [-0.25, -0.2) is 9.37 Å². The van der Waals surface area contributed by atoms with Gasteiger partial charge in [0.15, 0.2) is 5.82 Å². The largest absolute Gasteiger partial charge is 0.489 e. The highest BCUT2D eigenvalue weighted by atomic mass is 19.1. The Balaban J connectivity index is 1.62. The average Bonchev–Trinajstić information content (AvgIpc) is 3.16. The summed E-state index contributed by atoms with van der Waals surface area (Å²) in [5, 5.41) is 0. The molecule has 3 rings (SSSR count). The van der Waals surface area contributed by atoms with Crippen LogP contribution in [0.4, 0.5) is 15.9 Å². The van der Waals surface area contributed by atoms with Crippen LogP contribution in [-0.4, -0.2) is 43.6 Å². The Morgan fingerprint density at radius 1 is 1.38 bits per heavy atom. The zero-order chi connectivity index (χ0) is 21.0. The van der Waals surface area contributed by atoms with E-state index in [4.69, 9.17) is 4.74 Å². The van der Waals surface area contributed by atoms with Crippen LogP contribution in [0.5, 0.6) is 5.75 Å². The van der Waals surface area contributed by atoms with Crippen LogP contribution in [-0.2, 0) is 4.79 Å². The molecule has 0 bridgehead atoms. The Kier molecular flexibility index (Phi) is 6.72. The number of rotatable bonds is 8. The molecule has 1 aromatic heterocycles.